The highest BCUT2D eigenvalue weighted by Gasteiger charge is 2.38. The van der Waals surface area contributed by atoms with E-state index in [-0.39, 0.29) is 24.9 Å². The molecule has 1 unspecified atom stereocenters. The molecule has 1 saturated carbocycles. The highest BCUT2D eigenvalue weighted by Crippen LogP contribution is 2.44. The highest BCUT2D eigenvalue weighted by molar-refractivity contribution is 5.79. The summed E-state index contributed by atoms with van der Waals surface area (Å²) in [6.45, 7) is 1.85. The summed E-state index contributed by atoms with van der Waals surface area (Å²) in [5, 5.41) is 11.8. The third-order valence-electron chi connectivity index (χ3n) is 5.79. The molecular formula is C24H26N2O6. The molecule has 2 aliphatic rings. The van der Waals surface area contributed by atoms with Gasteiger partial charge in [0.15, 0.2) is 6.10 Å². The number of aliphatic carboxylic acids is 1. The fourth-order valence-electron chi connectivity index (χ4n) is 4.09. The van der Waals surface area contributed by atoms with E-state index in [1.165, 1.54) is 0 Å². The third kappa shape index (κ3) is 4.91. The Bertz CT molecular complexity index is 974. The van der Waals surface area contributed by atoms with Gasteiger partial charge >= 0.3 is 12.1 Å². The molecule has 3 N–H and O–H groups in total. The van der Waals surface area contributed by atoms with Crippen molar-refractivity contribution in [1.29, 1.82) is 0 Å². The van der Waals surface area contributed by atoms with Crippen molar-refractivity contribution in [2.24, 2.45) is 5.92 Å². The van der Waals surface area contributed by atoms with Gasteiger partial charge in [-0.25, -0.2) is 15.1 Å². The molecule has 2 amide bonds. The number of fused-ring (bicyclic) bond motifs is 3. The molecule has 0 aromatic heterocycles. The summed E-state index contributed by atoms with van der Waals surface area (Å²) < 4.78 is 5.47. The van der Waals surface area contributed by atoms with Crippen LogP contribution in [0.15, 0.2) is 48.5 Å². The quantitative estimate of drug-likeness (QED) is 0.518. The van der Waals surface area contributed by atoms with Crippen LogP contribution in [0.4, 0.5) is 4.79 Å². The lowest BCUT2D eigenvalue weighted by Gasteiger charge is -2.18. The zero-order valence-electron chi connectivity index (χ0n) is 17.7. The maximum absolute atomic E-state index is 12.3. The van der Waals surface area contributed by atoms with Crippen molar-refractivity contribution in [2.45, 2.75) is 44.2 Å². The number of hydrogen-bond donors (Lipinski definition) is 3. The van der Waals surface area contributed by atoms with E-state index in [0.717, 1.165) is 35.1 Å². The molecule has 2 aromatic rings. The first kappa shape index (κ1) is 21.8. The second kappa shape index (κ2) is 9.40. The van der Waals surface area contributed by atoms with Crippen LogP contribution in [0.5, 0.6) is 0 Å². The summed E-state index contributed by atoms with van der Waals surface area (Å²) in [6.07, 6.45) is -0.181. The van der Waals surface area contributed by atoms with Gasteiger partial charge in [0.25, 0.3) is 0 Å². The monoisotopic (exact) mass is 438 g/mol. The molecule has 168 valence electrons. The summed E-state index contributed by atoms with van der Waals surface area (Å²) in [4.78, 5) is 40.5. The third-order valence-corrected chi connectivity index (χ3v) is 5.79. The van der Waals surface area contributed by atoms with E-state index < -0.39 is 30.1 Å². The topological polar surface area (TPSA) is 114 Å². The minimum atomic E-state index is -1.10. The maximum atomic E-state index is 12.3. The fraction of sp³-hybridized carbons (Fsp3) is 0.375. The molecule has 32 heavy (non-hydrogen) atoms. The number of nitrogens with one attached hydrogen (secondary N) is 2. The molecule has 0 bridgehead atoms. The van der Waals surface area contributed by atoms with Crippen molar-refractivity contribution < 1.29 is 29.1 Å². The molecule has 8 nitrogen and oxygen atoms in total. The molecule has 2 aromatic carbocycles. The average molecular weight is 438 g/mol. The van der Waals surface area contributed by atoms with Crippen molar-refractivity contribution in [3.05, 3.63) is 59.7 Å². The summed E-state index contributed by atoms with van der Waals surface area (Å²) in [6, 6.07) is 15.6. The summed E-state index contributed by atoms with van der Waals surface area (Å²) in [5.74, 6) is -1.72. The lowest BCUT2D eigenvalue weighted by molar-refractivity contribution is -0.162. The summed E-state index contributed by atoms with van der Waals surface area (Å²) in [5.41, 5.74) is 6.71. The van der Waals surface area contributed by atoms with Crippen LogP contribution in [0.1, 0.15) is 43.2 Å². The first-order valence-electron chi connectivity index (χ1n) is 10.7. The number of ether oxygens (including phenoxy) is 1. The zero-order chi connectivity index (χ0) is 22.7. The van der Waals surface area contributed by atoms with E-state index in [4.69, 9.17) is 14.7 Å². The van der Waals surface area contributed by atoms with Gasteiger partial charge in [-0.1, -0.05) is 48.5 Å². The Balaban J connectivity index is 1.25. The van der Waals surface area contributed by atoms with Crippen LogP contribution in [0.25, 0.3) is 11.1 Å². The number of carboxylic acid groups (broad SMARTS) is 1. The van der Waals surface area contributed by atoms with Crippen molar-refractivity contribution in [3.8, 4) is 11.1 Å². The van der Waals surface area contributed by atoms with Gasteiger partial charge in [0, 0.05) is 18.4 Å². The minimum Gasteiger partial charge on any atom is -0.479 e. The van der Waals surface area contributed by atoms with E-state index in [9.17, 15) is 14.4 Å². The number of carbonyl (C=O) groups is 3. The fourth-order valence-corrected chi connectivity index (χ4v) is 4.09. The van der Waals surface area contributed by atoms with Gasteiger partial charge in [-0.2, -0.15) is 0 Å². The van der Waals surface area contributed by atoms with E-state index >= 15 is 0 Å². The Labute approximate surface area is 185 Å². The van der Waals surface area contributed by atoms with Gasteiger partial charge in [-0.05, 0) is 47.9 Å². The number of alkyl carbamates (subject to hydrolysis) is 1. The van der Waals surface area contributed by atoms with Gasteiger partial charge in [0.05, 0.1) is 0 Å². The van der Waals surface area contributed by atoms with Crippen LogP contribution in [0, 0.1) is 5.92 Å². The molecule has 0 spiro atoms. The second-order valence-electron chi connectivity index (χ2n) is 8.31. The zero-order valence-corrected chi connectivity index (χ0v) is 17.7. The Kier molecular flexibility index (Phi) is 6.41. The van der Waals surface area contributed by atoms with Crippen molar-refractivity contribution in [3.63, 3.8) is 0 Å². The lowest BCUT2D eigenvalue weighted by Crippen LogP contribution is -2.40. The Morgan fingerprint density at radius 3 is 2.19 bits per heavy atom. The van der Waals surface area contributed by atoms with Gasteiger partial charge in [0.1, 0.15) is 6.61 Å². The molecule has 8 heteroatoms. The maximum Gasteiger partial charge on any atom is 0.407 e. The molecule has 0 radical (unpaired) electrons. The molecule has 2 aliphatic carbocycles. The molecule has 1 fully saturated rings. The second-order valence-corrected chi connectivity index (χ2v) is 8.31. The van der Waals surface area contributed by atoms with Crippen molar-refractivity contribution in [2.75, 3.05) is 6.61 Å². The number of carboxylic acids is 1. The minimum absolute atomic E-state index is 0.0458. The van der Waals surface area contributed by atoms with Crippen LogP contribution >= 0.6 is 0 Å². The normalized spacial score (nSPS) is 16.4. The van der Waals surface area contributed by atoms with Crippen LogP contribution in [-0.2, 0) is 19.2 Å². The van der Waals surface area contributed by atoms with E-state index in [1.54, 1.807) is 6.92 Å². The first-order valence-corrected chi connectivity index (χ1v) is 10.7. The Morgan fingerprint density at radius 1 is 1.03 bits per heavy atom. The lowest BCUT2D eigenvalue weighted by atomic mass is 9.98. The highest BCUT2D eigenvalue weighted by atomic mass is 16.7. The smallest absolute Gasteiger partial charge is 0.407 e. The van der Waals surface area contributed by atoms with Crippen molar-refractivity contribution >= 4 is 18.0 Å². The molecular weight excluding hydrogens is 412 g/mol. The van der Waals surface area contributed by atoms with Gasteiger partial charge in [-0.15, -0.1) is 0 Å². The predicted octanol–water partition coefficient (Wildman–Crippen LogP) is 3.21. The molecule has 0 saturated heterocycles. The number of hydroxylamine groups is 1. The van der Waals surface area contributed by atoms with Crippen LogP contribution in [0.3, 0.4) is 0 Å². The molecule has 0 aliphatic heterocycles. The molecule has 2 atom stereocenters. The van der Waals surface area contributed by atoms with Crippen molar-refractivity contribution in [1.82, 2.24) is 10.8 Å². The van der Waals surface area contributed by atoms with Crippen LogP contribution in [-0.4, -0.2) is 41.8 Å². The summed E-state index contributed by atoms with van der Waals surface area (Å²) in [7, 11) is 0. The molecule has 0 heterocycles. The van der Waals surface area contributed by atoms with Gasteiger partial charge in [-0.3, -0.25) is 9.63 Å². The number of rotatable bonds is 9. The average Bonchev–Trinajstić information content (AvgIpc) is 3.54. The predicted molar refractivity (Wildman–Crippen MR) is 116 cm³/mol. The van der Waals surface area contributed by atoms with Gasteiger partial charge < -0.3 is 15.2 Å². The van der Waals surface area contributed by atoms with E-state index in [2.05, 4.69) is 22.9 Å². The number of amides is 2. The van der Waals surface area contributed by atoms with Crippen LogP contribution in [0.2, 0.25) is 0 Å². The number of carbonyl (C=O) groups excluding carboxylic acids is 2. The summed E-state index contributed by atoms with van der Waals surface area (Å²) >= 11 is 0. The first-order chi connectivity index (χ1) is 15.4. The van der Waals surface area contributed by atoms with E-state index in [0.29, 0.717) is 0 Å². The Morgan fingerprint density at radius 2 is 1.62 bits per heavy atom. The molecule has 4 rings (SSSR count). The van der Waals surface area contributed by atoms with Gasteiger partial charge in [0.2, 0.25) is 5.91 Å². The Hall–Kier alpha value is -3.39. The van der Waals surface area contributed by atoms with Crippen LogP contribution < -0.4 is 10.8 Å². The number of benzene rings is 2. The SMILES string of the molecule is C[C@H](CC(=O)NOC(C(=O)O)C1CC1)NC(=O)OCC1c2ccccc2-c2ccccc21. The number of hydrogen-bond acceptors (Lipinski definition) is 5. The largest absolute Gasteiger partial charge is 0.479 e. The standard InChI is InChI=1S/C24H26N2O6/c1-14(12-21(27)26-32-22(23(28)29)15-10-11-15)25-24(30)31-13-20-18-8-4-2-6-16(18)17-7-3-5-9-19(17)20/h2-9,14-15,20,22H,10-13H2,1H3,(H,25,30)(H,26,27)(H,28,29)/t14-,22?/m1/s1. The van der Waals surface area contributed by atoms with E-state index in [1.807, 2.05) is 36.4 Å².